The Kier molecular flexibility index (Phi) is 1.44. The Morgan fingerprint density at radius 2 is 2.44 bits per heavy atom. The van der Waals surface area contributed by atoms with Gasteiger partial charge in [0.05, 0.1) is 0 Å². The molecule has 0 bridgehead atoms. The standard InChI is InChI=1S/C4H7N3O2/c5-4(6)7-3-1-8-2-9-3/h1H,2H2,(H4,5,6,7). The second-order valence-corrected chi connectivity index (χ2v) is 1.42. The Morgan fingerprint density at radius 1 is 1.67 bits per heavy atom. The van der Waals surface area contributed by atoms with Gasteiger partial charge in [0.1, 0.15) is 6.26 Å². The SMILES string of the molecule is NC(N)=NC1=COCO1. The van der Waals surface area contributed by atoms with Gasteiger partial charge in [0, 0.05) is 0 Å². The van der Waals surface area contributed by atoms with Crippen molar-refractivity contribution in [2.24, 2.45) is 16.5 Å². The predicted molar refractivity (Wildman–Crippen MR) is 30.9 cm³/mol. The number of rotatable bonds is 1. The van der Waals surface area contributed by atoms with Gasteiger partial charge in [-0.05, 0) is 0 Å². The van der Waals surface area contributed by atoms with Crippen molar-refractivity contribution in [1.82, 2.24) is 0 Å². The molecule has 0 saturated heterocycles. The smallest absolute Gasteiger partial charge is 0.255 e. The molecule has 0 unspecified atom stereocenters. The summed E-state index contributed by atoms with van der Waals surface area (Å²) in [5, 5.41) is 0. The fourth-order valence-corrected chi connectivity index (χ4v) is 0.420. The molecule has 1 heterocycles. The lowest BCUT2D eigenvalue weighted by molar-refractivity contribution is 0.0801. The minimum absolute atomic E-state index is 0.0354. The maximum atomic E-state index is 5.02. The van der Waals surface area contributed by atoms with Crippen molar-refractivity contribution in [3.05, 3.63) is 12.1 Å². The summed E-state index contributed by atoms with van der Waals surface area (Å²) in [5.41, 5.74) is 10.0. The van der Waals surface area contributed by atoms with Crippen LogP contribution in [0, 0.1) is 0 Å². The van der Waals surface area contributed by atoms with Crippen molar-refractivity contribution in [2.75, 3.05) is 6.79 Å². The lowest BCUT2D eigenvalue weighted by Gasteiger charge is -1.91. The molecule has 1 rings (SSSR count). The zero-order chi connectivity index (χ0) is 6.69. The van der Waals surface area contributed by atoms with Crippen LogP contribution in [0.4, 0.5) is 0 Å². The molecule has 9 heavy (non-hydrogen) atoms. The lowest BCUT2D eigenvalue weighted by atomic mass is 10.8. The van der Waals surface area contributed by atoms with Crippen LogP contribution in [0.5, 0.6) is 0 Å². The quantitative estimate of drug-likeness (QED) is 0.353. The van der Waals surface area contributed by atoms with Gasteiger partial charge >= 0.3 is 0 Å². The summed E-state index contributed by atoms with van der Waals surface area (Å²) in [4.78, 5) is 3.56. The van der Waals surface area contributed by atoms with Crippen LogP contribution in [-0.2, 0) is 9.47 Å². The molecule has 0 spiro atoms. The third-order valence-corrected chi connectivity index (χ3v) is 0.698. The van der Waals surface area contributed by atoms with Crippen LogP contribution < -0.4 is 11.5 Å². The summed E-state index contributed by atoms with van der Waals surface area (Å²) in [7, 11) is 0. The fraction of sp³-hybridized carbons (Fsp3) is 0.250. The molecule has 5 nitrogen and oxygen atoms in total. The van der Waals surface area contributed by atoms with Crippen LogP contribution in [0.3, 0.4) is 0 Å². The molecule has 0 fully saturated rings. The predicted octanol–water partition coefficient (Wildman–Crippen LogP) is -0.937. The van der Waals surface area contributed by atoms with Crippen LogP contribution in [-0.4, -0.2) is 12.8 Å². The molecular formula is C4H7N3O2. The topological polar surface area (TPSA) is 82.9 Å². The molecule has 0 aromatic rings. The van der Waals surface area contributed by atoms with Crippen molar-refractivity contribution >= 4 is 5.96 Å². The Bertz CT molecular complexity index is 159. The summed E-state index contributed by atoms with van der Waals surface area (Å²) in [6, 6.07) is 0. The van der Waals surface area contributed by atoms with Gasteiger partial charge in [-0.3, -0.25) is 0 Å². The number of nitrogens with zero attached hydrogens (tertiary/aromatic N) is 1. The van der Waals surface area contributed by atoms with Gasteiger partial charge in [-0.15, -0.1) is 0 Å². The normalized spacial score (nSPS) is 15.3. The minimum atomic E-state index is -0.0354. The van der Waals surface area contributed by atoms with E-state index in [-0.39, 0.29) is 12.8 Å². The van der Waals surface area contributed by atoms with E-state index in [2.05, 4.69) is 9.73 Å². The Balaban J connectivity index is 2.53. The van der Waals surface area contributed by atoms with Gasteiger partial charge in [0.2, 0.25) is 6.79 Å². The maximum Gasteiger partial charge on any atom is 0.255 e. The Hall–Kier alpha value is -1.39. The highest BCUT2D eigenvalue weighted by atomic mass is 16.7. The van der Waals surface area contributed by atoms with Crippen LogP contribution in [0.15, 0.2) is 17.1 Å². The molecule has 4 N–H and O–H groups in total. The zero-order valence-corrected chi connectivity index (χ0v) is 4.70. The van der Waals surface area contributed by atoms with Gasteiger partial charge in [0.25, 0.3) is 5.88 Å². The molecule has 5 heteroatoms. The third-order valence-electron chi connectivity index (χ3n) is 0.698. The van der Waals surface area contributed by atoms with Crippen molar-refractivity contribution in [2.45, 2.75) is 0 Å². The first-order valence-electron chi connectivity index (χ1n) is 2.33. The van der Waals surface area contributed by atoms with E-state index in [4.69, 9.17) is 16.2 Å². The first kappa shape index (κ1) is 5.74. The van der Waals surface area contributed by atoms with E-state index >= 15 is 0 Å². The van der Waals surface area contributed by atoms with Crippen LogP contribution in [0.25, 0.3) is 0 Å². The van der Waals surface area contributed by atoms with Crippen molar-refractivity contribution < 1.29 is 9.47 Å². The van der Waals surface area contributed by atoms with Crippen molar-refractivity contribution in [1.29, 1.82) is 0 Å². The number of nitrogens with two attached hydrogens (primary N) is 2. The molecule has 1 aliphatic heterocycles. The van der Waals surface area contributed by atoms with E-state index < -0.39 is 0 Å². The van der Waals surface area contributed by atoms with Crippen LogP contribution in [0.2, 0.25) is 0 Å². The molecule has 50 valence electrons. The van der Waals surface area contributed by atoms with Crippen LogP contribution in [0.1, 0.15) is 0 Å². The molecule has 1 aliphatic rings. The molecule has 0 aromatic heterocycles. The summed E-state index contributed by atoms with van der Waals surface area (Å²) in [5.74, 6) is 0.279. The number of hydrogen-bond donors (Lipinski definition) is 2. The van der Waals surface area contributed by atoms with Gasteiger partial charge in [0.15, 0.2) is 5.96 Å². The van der Waals surface area contributed by atoms with Gasteiger partial charge in [-0.25, -0.2) is 0 Å². The zero-order valence-electron chi connectivity index (χ0n) is 4.70. The van der Waals surface area contributed by atoms with E-state index in [0.717, 1.165) is 0 Å². The number of aliphatic imine (C=N–C) groups is 1. The Labute approximate surface area is 51.9 Å². The highest BCUT2D eigenvalue weighted by molar-refractivity contribution is 5.76. The van der Waals surface area contributed by atoms with Crippen molar-refractivity contribution in [3.8, 4) is 0 Å². The average Bonchev–Trinajstić information content (AvgIpc) is 2.15. The molecular weight excluding hydrogens is 122 g/mol. The maximum absolute atomic E-state index is 5.02. The first-order chi connectivity index (χ1) is 4.29. The summed E-state index contributed by atoms with van der Waals surface area (Å²) < 4.78 is 9.41. The number of ether oxygens (including phenoxy) is 2. The highest BCUT2D eigenvalue weighted by Gasteiger charge is 2.02. The molecule has 0 saturated carbocycles. The first-order valence-corrected chi connectivity index (χ1v) is 2.33. The second-order valence-electron chi connectivity index (χ2n) is 1.42. The molecule has 0 amide bonds. The number of hydrogen-bond acceptors (Lipinski definition) is 3. The lowest BCUT2D eigenvalue weighted by Crippen LogP contribution is -2.22. The largest absolute Gasteiger partial charge is 0.459 e. The molecule has 0 atom stereocenters. The summed E-state index contributed by atoms with van der Waals surface area (Å²) >= 11 is 0. The van der Waals surface area contributed by atoms with Gasteiger partial charge in [-0.2, -0.15) is 4.99 Å². The molecule has 0 radical (unpaired) electrons. The summed E-state index contributed by atoms with van der Waals surface area (Å²) in [6.45, 7) is 0.187. The monoisotopic (exact) mass is 129 g/mol. The fourth-order valence-electron chi connectivity index (χ4n) is 0.420. The Morgan fingerprint density at radius 3 is 2.89 bits per heavy atom. The molecule has 0 aliphatic carbocycles. The van der Waals surface area contributed by atoms with Gasteiger partial charge in [-0.1, -0.05) is 0 Å². The van der Waals surface area contributed by atoms with E-state index in [1.165, 1.54) is 6.26 Å². The van der Waals surface area contributed by atoms with Crippen LogP contribution >= 0.6 is 0 Å². The second kappa shape index (κ2) is 2.25. The van der Waals surface area contributed by atoms with E-state index in [9.17, 15) is 0 Å². The van der Waals surface area contributed by atoms with Crippen molar-refractivity contribution in [3.63, 3.8) is 0 Å². The van der Waals surface area contributed by atoms with E-state index in [0.29, 0.717) is 5.88 Å². The number of guanidine groups is 1. The highest BCUT2D eigenvalue weighted by Crippen LogP contribution is 2.05. The summed E-state index contributed by atoms with van der Waals surface area (Å²) in [6.07, 6.45) is 1.35. The van der Waals surface area contributed by atoms with E-state index in [1.807, 2.05) is 0 Å². The molecule has 0 aromatic carbocycles. The average molecular weight is 129 g/mol. The third kappa shape index (κ3) is 1.52. The van der Waals surface area contributed by atoms with E-state index in [1.54, 1.807) is 0 Å². The minimum Gasteiger partial charge on any atom is -0.459 e. The van der Waals surface area contributed by atoms with Gasteiger partial charge < -0.3 is 20.9 Å².